The number of fused-ring (bicyclic) bond motifs is 1. The highest BCUT2D eigenvalue weighted by Gasteiger charge is 2.05. The zero-order chi connectivity index (χ0) is 12.5. The van der Waals surface area contributed by atoms with Crippen LogP contribution in [0.25, 0.3) is 11.0 Å². The van der Waals surface area contributed by atoms with Gasteiger partial charge in [-0.25, -0.2) is 4.79 Å². The number of ether oxygens (including phenoxy) is 1. The molecule has 0 aliphatic heterocycles. The molecule has 0 saturated carbocycles. The zero-order valence-corrected chi connectivity index (χ0v) is 9.88. The maximum Gasteiger partial charge on any atom is 0.326 e. The molecule has 0 bridgehead atoms. The van der Waals surface area contributed by atoms with Crippen molar-refractivity contribution in [1.82, 2.24) is 9.55 Å². The fourth-order valence-electron chi connectivity index (χ4n) is 1.89. The minimum absolute atomic E-state index is 0.123. The van der Waals surface area contributed by atoms with Crippen LogP contribution in [0.3, 0.4) is 0 Å². The van der Waals surface area contributed by atoms with Gasteiger partial charge in [0.05, 0.1) is 11.0 Å². The fourth-order valence-corrected chi connectivity index (χ4v) is 1.89. The molecule has 90 valence electrons. The highest BCUT2D eigenvalue weighted by atomic mass is 16.5. The number of H-pyrrole nitrogens is 1. The Kier molecular flexibility index (Phi) is 2.41. The van der Waals surface area contributed by atoms with Crippen molar-refractivity contribution in [1.29, 1.82) is 0 Å². The third-order valence-corrected chi connectivity index (χ3v) is 2.86. The largest absolute Gasteiger partial charge is 0.457 e. The second kappa shape index (κ2) is 4.07. The number of nitrogens with zero attached hydrogens (tertiary/aromatic N) is 1. The lowest BCUT2D eigenvalue weighted by Gasteiger charge is -2.05. The normalized spacial score (nSPS) is 10.7. The van der Waals surface area contributed by atoms with E-state index < -0.39 is 0 Å². The van der Waals surface area contributed by atoms with Gasteiger partial charge in [0, 0.05) is 13.1 Å². The maximum atomic E-state index is 11.5. The van der Waals surface area contributed by atoms with Gasteiger partial charge in [-0.05, 0) is 24.3 Å². The minimum atomic E-state index is -0.123. The summed E-state index contributed by atoms with van der Waals surface area (Å²) >= 11 is 0. The molecule has 2 aromatic carbocycles. The lowest BCUT2D eigenvalue weighted by molar-refractivity contribution is 0.483. The molecule has 0 saturated heterocycles. The van der Waals surface area contributed by atoms with Crippen LogP contribution in [0.4, 0.5) is 0 Å². The molecule has 0 spiro atoms. The maximum absolute atomic E-state index is 11.5. The summed E-state index contributed by atoms with van der Waals surface area (Å²) in [5, 5.41) is 0. The summed E-state index contributed by atoms with van der Waals surface area (Å²) in [5.74, 6) is 1.49. The smallest absolute Gasteiger partial charge is 0.326 e. The molecule has 0 amide bonds. The summed E-state index contributed by atoms with van der Waals surface area (Å²) in [7, 11) is 1.73. The lowest BCUT2D eigenvalue weighted by Crippen LogP contribution is -2.11. The summed E-state index contributed by atoms with van der Waals surface area (Å²) in [6.45, 7) is 0. The number of hydrogen-bond acceptors (Lipinski definition) is 2. The lowest BCUT2D eigenvalue weighted by atomic mass is 10.3. The Bertz CT molecular complexity index is 741. The second-order valence-corrected chi connectivity index (χ2v) is 4.08. The first-order valence-corrected chi connectivity index (χ1v) is 5.66. The Morgan fingerprint density at radius 2 is 1.83 bits per heavy atom. The van der Waals surface area contributed by atoms with E-state index in [0.717, 1.165) is 16.8 Å². The van der Waals surface area contributed by atoms with Crippen LogP contribution in [0.5, 0.6) is 11.5 Å². The molecule has 1 heterocycles. The molecule has 1 N–H and O–H groups in total. The van der Waals surface area contributed by atoms with Crippen LogP contribution in [-0.4, -0.2) is 9.55 Å². The Balaban J connectivity index is 2.03. The van der Waals surface area contributed by atoms with E-state index in [-0.39, 0.29) is 5.69 Å². The molecule has 1 aromatic heterocycles. The Morgan fingerprint density at radius 3 is 2.61 bits per heavy atom. The molecule has 0 atom stereocenters. The summed E-state index contributed by atoms with van der Waals surface area (Å²) in [6, 6.07) is 15.1. The van der Waals surface area contributed by atoms with E-state index in [1.807, 2.05) is 48.5 Å². The molecule has 4 nitrogen and oxygen atoms in total. The standard InChI is InChI=1S/C14H12N2O2/c1-16-13-9-11(7-8-12(13)15-14(16)17)18-10-5-3-2-4-6-10/h2-9H,1H3,(H,15,17). The van der Waals surface area contributed by atoms with Crippen molar-refractivity contribution in [3.05, 3.63) is 59.0 Å². The third kappa shape index (κ3) is 1.78. The van der Waals surface area contributed by atoms with Crippen molar-refractivity contribution in [3.63, 3.8) is 0 Å². The van der Waals surface area contributed by atoms with Crippen molar-refractivity contribution in [3.8, 4) is 11.5 Å². The van der Waals surface area contributed by atoms with Crippen LogP contribution in [-0.2, 0) is 7.05 Å². The predicted octanol–water partition coefficient (Wildman–Crippen LogP) is 2.66. The molecule has 18 heavy (non-hydrogen) atoms. The van der Waals surface area contributed by atoms with Crippen LogP contribution >= 0.6 is 0 Å². The zero-order valence-electron chi connectivity index (χ0n) is 9.88. The molecule has 3 aromatic rings. The van der Waals surface area contributed by atoms with Crippen molar-refractivity contribution in [2.24, 2.45) is 7.05 Å². The molecule has 0 unspecified atom stereocenters. The van der Waals surface area contributed by atoms with Crippen molar-refractivity contribution in [2.75, 3.05) is 0 Å². The molecular weight excluding hydrogens is 228 g/mol. The third-order valence-electron chi connectivity index (χ3n) is 2.86. The van der Waals surface area contributed by atoms with E-state index in [9.17, 15) is 4.79 Å². The monoisotopic (exact) mass is 240 g/mol. The Hall–Kier alpha value is -2.49. The number of rotatable bonds is 2. The van der Waals surface area contributed by atoms with Crippen LogP contribution in [0.15, 0.2) is 53.3 Å². The predicted molar refractivity (Wildman–Crippen MR) is 70.1 cm³/mol. The summed E-state index contributed by atoms with van der Waals surface area (Å²) < 4.78 is 7.28. The number of para-hydroxylation sites is 1. The van der Waals surface area contributed by atoms with Gasteiger partial charge >= 0.3 is 5.69 Å². The van der Waals surface area contributed by atoms with Crippen LogP contribution < -0.4 is 10.4 Å². The number of hydrogen-bond donors (Lipinski definition) is 1. The van der Waals surface area contributed by atoms with Crippen LogP contribution in [0, 0.1) is 0 Å². The van der Waals surface area contributed by atoms with Gasteiger partial charge in [0.1, 0.15) is 11.5 Å². The molecule has 0 aliphatic carbocycles. The number of aromatic nitrogens is 2. The summed E-state index contributed by atoms with van der Waals surface area (Å²) in [5.41, 5.74) is 1.51. The number of aromatic amines is 1. The first-order chi connectivity index (χ1) is 8.74. The van der Waals surface area contributed by atoms with Crippen molar-refractivity contribution >= 4 is 11.0 Å². The molecule has 4 heteroatoms. The van der Waals surface area contributed by atoms with Crippen molar-refractivity contribution < 1.29 is 4.74 Å². The topological polar surface area (TPSA) is 47.0 Å². The Labute approximate surface area is 103 Å². The van der Waals surface area contributed by atoms with Gasteiger partial charge in [-0.1, -0.05) is 18.2 Å². The number of aryl methyl sites for hydroxylation is 1. The van der Waals surface area contributed by atoms with Gasteiger partial charge in [0.2, 0.25) is 0 Å². The number of imidazole rings is 1. The van der Waals surface area contributed by atoms with Crippen molar-refractivity contribution in [2.45, 2.75) is 0 Å². The van der Waals surface area contributed by atoms with Crippen LogP contribution in [0.2, 0.25) is 0 Å². The SMILES string of the molecule is Cn1c(=O)[nH]c2ccc(Oc3ccccc3)cc21. The average molecular weight is 240 g/mol. The first-order valence-electron chi connectivity index (χ1n) is 5.66. The van der Waals surface area contributed by atoms with Gasteiger partial charge in [-0.2, -0.15) is 0 Å². The second-order valence-electron chi connectivity index (χ2n) is 4.08. The highest BCUT2D eigenvalue weighted by Crippen LogP contribution is 2.23. The van der Waals surface area contributed by atoms with E-state index in [1.165, 1.54) is 0 Å². The van der Waals surface area contributed by atoms with Gasteiger partial charge in [0.15, 0.2) is 0 Å². The van der Waals surface area contributed by atoms with Gasteiger partial charge < -0.3 is 9.72 Å². The Morgan fingerprint density at radius 1 is 1.06 bits per heavy atom. The van der Waals surface area contributed by atoms with E-state index in [2.05, 4.69) is 4.98 Å². The van der Waals surface area contributed by atoms with Gasteiger partial charge in [-0.3, -0.25) is 4.57 Å². The quantitative estimate of drug-likeness (QED) is 0.748. The fraction of sp³-hybridized carbons (Fsp3) is 0.0714. The number of nitrogens with one attached hydrogen (secondary N) is 1. The molecule has 0 fully saturated rings. The molecular formula is C14H12N2O2. The molecule has 0 radical (unpaired) electrons. The first kappa shape index (κ1) is 10.7. The van der Waals surface area contributed by atoms with E-state index in [1.54, 1.807) is 11.6 Å². The summed E-state index contributed by atoms with van der Waals surface area (Å²) in [4.78, 5) is 14.2. The van der Waals surface area contributed by atoms with Crippen LogP contribution in [0.1, 0.15) is 0 Å². The highest BCUT2D eigenvalue weighted by molar-refractivity contribution is 5.77. The van der Waals surface area contributed by atoms with Gasteiger partial charge in [0.25, 0.3) is 0 Å². The average Bonchev–Trinajstić information content (AvgIpc) is 2.67. The number of benzene rings is 2. The molecule has 0 aliphatic rings. The van der Waals surface area contributed by atoms with E-state index in [0.29, 0.717) is 5.75 Å². The van der Waals surface area contributed by atoms with Gasteiger partial charge in [-0.15, -0.1) is 0 Å². The van der Waals surface area contributed by atoms with E-state index in [4.69, 9.17) is 4.74 Å². The van der Waals surface area contributed by atoms with E-state index >= 15 is 0 Å². The molecule has 3 rings (SSSR count). The summed E-state index contributed by atoms with van der Waals surface area (Å²) in [6.07, 6.45) is 0. The minimum Gasteiger partial charge on any atom is -0.457 e.